The molecule has 192 valence electrons. The molecule has 0 radical (unpaired) electrons. The van der Waals surface area contributed by atoms with E-state index in [0.717, 1.165) is 67.8 Å². The summed E-state index contributed by atoms with van der Waals surface area (Å²) in [6.45, 7) is 10.8. The van der Waals surface area contributed by atoms with Crippen molar-refractivity contribution in [2.24, 2.45) is 0 Å². The Kier molecular flexibility index (Phi) is 7.61. The van der Waals surface area contributed by atoms with Gasteiger partial charge in [0.15, 0.2) is 0 Å². The second kappa shape index (κ2) is 11.1. The summed E-state index contributed by atoms with van der Waals surface area (Å²) in [5, 5.41) is 13.3. The van der Waals surface area contributed by atoms with E-state index in [0.29, 0.717) is 23.2 Å². The second-order valence-electron chi connectivity index (χ2n) is 10.3. The minimum Gasteiger partial charge on any atom is -0.487 e. The van der Waals surface area contributed by atoms with Crippen molar-refractivity contribution >= 4 is 17.5 Å². The normalized spacial score (nSPS) is 18.5. The molecule has 8 heteroatoms. The summed E-state index contributed by atoms with van der Waals surface area (Å²) in [5.41, 5.74) is 3.23. The zero-order valence-electron chi connectivity index (χ0n) is 21.5. The summed E-state index contributed by atoms with van der Waals surface area (Å²) >= 11 is 6.25. The summed E-state index contributed by atoms with van der Waals surface area (Å²) in [6.07, 6.45) is 3.06. The molecule has 0 spiro atoms. The van der Waals surface area contributed by atoms with Crippen molar-refractivity contribution in [3.63, 3.8) is 0 Å². The van der Waals surface area contributed by atoms with Crippen molar-refractivity contribution in [1.82, 2.24) is 20.2 Å². The number of nitrogens with one attached hydrogen (secondary N) is 1. The van der Waals surface area contributed by atoms with E-state index in [4.69, 9.17) is 21.3 Å². The first-order chi connectivity index (χ1) is 17.9. The van der Waals surface area contributed by atoms with Gasteiger partial charge in [0.1, 0.15) is 12.4 Å². The smallest absolute Gasteiger partial charge is 0.225 e. The van der Waals surface area contributed by atoms with Crippen LogP contribution in [0.5, 0.6) is 5.75 Å². The number of ether oxygens (including phenoxy) is 1. The van der Waals surface area contributed by atoms with Gasteiger partial charge in [-0.25, -0.2) is 9.97 Å². The van der Waals surface area contributed by atoms with Crippen LogP contribution in [0.1, 0.15) is 42.7 Å². The minimum absolute atomic E-state index is 0.311. The summed E-state index contributed by atoms with van der Waals surface area (Å²) in [7, 11) is 0. The lowest BCUT2D eigenvalue weighted by molar-refractivity contribution is 0.196. The molecule has 2 aliphatic rings. The molecule has 2 fully saturated rings. The van der Waals surface area contributed by atoms with E-state index in [-0.39, 0.29) is 5.41 Å². The highest BCUT2D eigenvalue weighted by Gasteiger charge is 2.27. The largest absolute Gasteiger partial charge is 0.487 e. The fraction of sp³-hybridized carbons (Fsp3) is 0.414. The van der Waals surface area contributed by atoms with Crippen LogP contribution in [0.4, 0.5) is 5.95 Å². The third-order valence-corrected chi connectivity index (χ3v) is 7.78. The third kappa shape index (κ3) is 5.88. The van der Waals surface area contributed by atoms with Crippen LogP contribution in [-0.2, 0) is 12.0 Å². The molecule has 2 saturated heterocycles. The van der Waals surface area contributed by atoms with Crippen molar-refractivity contribution in [2.75, 3.05) is 44.2 Å². The highest BCUT2D eigenvalue weighted by Crippen LogP contribution is 2.34. The monoisotopic (exact) mass is 516 g/mol. The molecule has 3 heterocycles. The van der Waals surface area contributed by atoms with Crippen LogP contribution in [0.15, 0.2) is 54.7 Å². The van der Waals surface area contributed by atoms with E-state index in [1.807, 2.05) is 36.5 Å². The van der Waals surface area contributed by atoms with Crippen LogP contribution in [0.2, 0.25) is 5.02 Å². The average molecular weight is 517 g/mol. The first kappa shape index (κ1) is 25.5. The number of hydrogen-bond acceptors (Lipinski definition) is 7. The van der Waals surface area contributed by atoms with E-state index in [2.05, 4.69) is 52.2 Å². The SMILES string of the molecule is CC(C)(c1ccc(OCc2ccnc(N3CCN(C4CCNC4)CC3)n2)cc1)c1cc(Cl)cc(C#N)c1. The zero-order valence-corrected chi connectivity index (χ0v) is 22.2. The topological polar surface area (TPSA) is 77.3 Å². The van der Waals surface area contributed by atoms with Crippen molar-refractivity contribution in [3.05, 3.63) is 82.1 Å². The first-order valence-corrected chi connectivity index (χ1v) is 13.3. The third-order valence-electron chi connectivity index (χ3n) is 7.56. The van der Waals surface area contributed by atoms with E-state index in [1.54, 1.807) is 6.07 Å². The number of rotatable bonds is 7. The molecule has 7 nitrogen and oxygen atoms in total. The molecular weight excluding hydrogens is 484 g/mol. The highest BCUT2D eigenvalue weighted by atomic mass is 35.5. The van der Waals surface area contributed by atoms with E-state index in [1.165, 1.54) is 6.42 Å². The van der Waals surface area contributed by atoms with Gasteiger partial charge >= 0.3 is 0 Å². The number of aromatic nitrogens is 2. The predicted octanol–water partition coefficient (Wildman–Crippen LogP) is 4.39. The van der Waals surface area contributed by atoms with Gasteiger partial charge < -0.3 is 15.0 Å². The van der Waals surface area contributed by atoms with E-state index < -0.39 is 0 Å². The van der Waals surface area contributed by atoms with Gasteiger partial charge in [-0.15, -0.1) is 0 Å². The Hall–Kier alpha value is -3.18. The first-order valence-electron chi connectivity index (χ1n) is 12.9. The predicted molar refractivity (Wildman–Crippen MR) is 146 cm³/mol. The van der Waals surface area contributed by atoms with Crippen molar-refractivity contribution in [3.8, 4) is 11.8 Å². The maximum Gasteiger partial charge on any atom is 0.225 e. The van der Waals surface area contributed by atoms with Gasteiger partial charge in [0.05, 0.1) is 17.3 Å². The lowest BCUT2D eigenvalue weighted by Crippen LogP contribution is -2.51. The fourth-order valence-electron chi connectivity index (χ4n) is 5.16. The number of nitrogens with zero attached hydrogens (tertiary/aromatic N) is 5. The summed E-state index contributed by atoms with van der Waals surface area (Å²) in [4.78, 5) is 14.2. The average Bonchev–Trinajstić information content (AvgIpc) is 3.47. The van der Waals surface area contributed by atoms with E-state index in [9.17, 15) is 5.26 Å². The van der Waals surface area contributed by atoms with Crippen LogP contribution >= 0.6 is 11.6 Å². The molecule has 0 amide bonds. The maximum atomic E-state index is 9.31. The van der Waals surface area contributed by atoms with Gasteiger partial charge in [0.2, 0.25) is 5.95 Å². The molecule has 2 aliphatic heterocycles. The highest BCUT2D eigenvalue weighted by molar-refractivity contribution is 6.30. The molecule has 1 N–H and O–H groups in total. The van der Waals surface area contributed by atoms with Crippen LogP contribution in [0.3, 0.4) is 0 Å². The second-order valence-corrected chi connectivity index (χ2v) is 10.7. The molecule has 1 unspecified atom stereocenters. The molecule has 37 heavy (non-hydrogen) atoms. The molecular formula is C29H33ClN6O. The Labute approximate surface area is 224 Å². The van der Waals surface area contributed by atoms with Gasteiger partial charge in [0, 0.05) is 55.4 Å². The summed E-state index contributed by atoms with van der Waals surface area (Å²) < 4.78 is 6.06. The molecule has 0 bridgehead atoms. The molecule has 5 rings (SSSR count). The molecule has 0 saturated carbocycles. The number of hydrogen-bond donors (Lipinski definition) is 1. The lowest BCUT2D eigenvalue weighted by atomic mass is 9.78. The minimum atomic E-state index is -0.311. The Balaban J connectivity index is 1.19. The Morgan fingerprint density at radius 1 is 1.08 bits per heavy atom. The number of anilines is 1. The quantitative estimate of drug-likeness (QED) is 0.499. The van der Waals surface area contributed by atoms with Crippen LogP contribution in [0.25, 0.3) is 0 Å². The fourth-order valence-corrected chi connectivity index (χ4v) is 5.40. The number of benzene rings is 2. The number of halogens is 1. The van der Waals surface area contributed by atoms with Crippen LogP contribution in [-0.4, -0.2) is 60.2 Å². The molecule has 1 atom stereocenters. The molecule has 1 aromatic heterocycles. The summed E-state index contributed by atoms with van der Waals surface area (Å²) in [5.74, 6) is 1.56. The zero-order chi connectivity index (χ0) is 25.8. The van der Waals surface area contributed by atoms with Crippen molar-refractivity contribution < 1.29 is 4.74 Å². The lowest BCUT2D eigenvalue weighted by Gasteiger charge is -2.37. The molecule has 0 aliphatic carbocycles. The maximum absolute atomic E-state index is 9.31. The van der Waals surface area contributed by atoms with E-state index >= 15 is 0 Å². The van der Waals surface area contributed by atoms with Crippen molar-refractivity contribution in [2.45, 2.75) is 38.3 Å². The van der Waals surface area contributed by atoms with Crippen LogP contribution in [0, 0.1) is 11.3 Å². The van der Waals surface area contributed by atoms with Crippen LogP contribution < -0.4 is 15.0 Å². The molecule has 2 aromatic carbocycles. The van der Waals surface area contributed by atoms with Gasteiger partial charge in [-0.2, -0.15) is 5.26 Å². The molecule has 3 aromatic rings. The Morgan fingerprint density at radius 2 is 1.86 bits per heavy atom. The van der Waals surface area contributed by atoms with Gasteiger partial charge in [-0.05, 0) is 60.5 Å². The van der Waals surface area contributed by atoms with Gasteiger partial charge in [-0.1, -0.05) is 37.6 Å². The Morgan fingerprint density at radius 3 is 2.57 bits per heavy atom. The van der Waals surface area contributed by atoms with Gasteiger partial charge in [-0.3, -0.25) is 4.90 Å². The summed E-state index contributed by atoms with van der Waals surface area (Å²) in [6, 6.07) is 18.4. The van der Waals surface area contributed by atoms with Gasteiger partial charge in [0.25, 0.3) is 0 Å². The standard InChI is InChI=1S/C29H33ClN6O/c1-29(2,23-15-21(18-31)16-24(30)17-23)22-3-5-27(6-4-22)37-20-25-7-10-33-28(34-25)36-13-11-35(12-14-36)26-8-9-32-19-26/h3-7,10,15-17,26,32H,8-9,11-14,19-20H2,1-2H3. The van der Waals surface area contributed by atoms with Crippen molar-refractivity contribution in [1.29, 1.82) is 5.26 Å². The number of nitriles is 1. The number of piperazine rings is 1. The Bertz CT molecular complexity index is 1260.